The van der Waals surface area contributed by atoms with Gasteiger partial charge >= 0.3 is 11.9 Å². The van der Waals surface area contributed by atoms with E-state index in [1.807, 2.05) is 44.2 Å². The van der Waals surface area contributed by atoms with Crippen LogP contribution in [0.15, 0.2) is 48.7 Å². The Kier molecular flexibility index (Phi) is 9.50. The molecule has 0 atom stereocenters. The van der Waals surface area contributed by atoms with E-state index in [1.165, 1.54) is 0 Å². The number of nitrogens with zero attached hydrogens (tertiary/aromatic N) is 1. The van der Waals surface area contributed by atoms with E-state index >= 15 is 0 Å². The summed E-state index contributed by atoms with van der Waals surface area (Å²) in [6.07, 6.45) is 1.90. The van der Waals surface area contributed by atoms with Crippen molar-refractivity contribution in [1.29, 1.82) is 0 Å². The van der Waals surface area contributed by atoms with Crippen LogP contribution in [0.2, 0.25) is 0 Å². The van der Waals surface area contributed by atoms with Crippen molar-refractivity contribution in [2.75, 3.05) is 20.3 Å². The first-order valence-corrected chi connectivity index (χ1v) is 12.0. The zero-order valence-electron chi connectivity index (χ0n) is 21.4. The number of hydrogen-bond donors (Lipinski definition) is 0. The minimum Gasteiger partial charge on any atom is -0.497 e. The quantitative estimate of drug-likeness (QED) is 0.259. The Morgan fingerprint density at radius 1 is 0.917 bits per heavy atom. The second-order valence-electron chi connectivity index (χ2n) is 8.36. The van der Waals surface area contributed by atoms with E-state index in [4.69, 9.17) is 23.7 Å². The van der Waals surface area contributed by atoms with Gasteiger partial charge in [0.25, 0.3) is 0 Å². The van der Waals surface area contributed by atoms with Crippen molar-refractivity contribution >= 4 is 22.8 Å². The third-order valence-corrected chi connectivity index (χ3v) is 5.35. The summed E-state index contributed by atoms with van der Waals surface area (Å²) in [5.74, 6) is -0.131. The fourth-order valence-corrected chi connectivity index (χ4v) is 3.66. The molecule has 0 amide bonds. The first kappa shape index (κ1) is 26.8. The smallest absolute Gasteiger partial charge is 0.320 e. The molecule has 0 fully saturated rings. The van der Waals surface area contributed by atoms with Crippen LogP contribution in [0, 0.1) is 5.92 Å². The third kappa shape index (κ3) is 6.87. The summed E-state index contributed by atoms with van der Waals surface area (Å²) in [6.45, 7) is 7.97. The van der Waals surface area contributed by atoms with E-state index in [0.29, 0.717) is 11.5 Å². The number of aromatic nitrogens is 1. The highest BCUT2D eigenvalue weighted by molar-refractivity contribution is 5.95. The van der Waals surface area contributed by atoms with Gasteiger partial charge in [0, 0.05) is 11.6 Å². The summed E-state index contributed by atoms with van der Waals surface area (Å²) in [7, 11) is 1.62. The fourth-order valence-electron chi connectivity index (χ4n) is 3.66. The summed E-state index contributed by atoms with van der Waals surface area (Å²) < 4.78 is 27.6. The Hall–Kier alpha value is -3.81. The predicted octanol–water partition coefficient (Wildman–Crippen LogP) is 4.89. The van der Waals surface area contributed by atoms with Gasteiger partial charge < -0.3 is 23.7 Å². The van der Waals surface area contributed by atoms with Crippen molar-refractivity contribution in [3.63, 3.8) is 0 Å². The molecular formula is C28H33NO7. The summed E-state index contributed by atoms with van der Waals surface area (Å²) in [6, 6.07) is 12.9. The Labute approximate surface area is 211 Å². The van der Waals surface area contributed by atoms with Gasteiger partial charge in [-0.1, -0.05) is 12.1 Å². The van der Waals surface area contributed by atoms with Crippen molar-refractivity contribution in [1.82, 2.24) is 4.98 Å². The van der Waals surface area contributed by atoms with Crippen LogP contribution < -0.4 is 14.2 Å². The van der Waals surface area contributed by atoms with E-state index in [-0.39, 0.29) is 32.3 Å². The Bertz CT molecular complexity index is 1160. The molecule has 3 rings (SSSR count). The van der Waals surface area contributed by atoms with Gasteiger partial charge in [-0.15, -0.1) is 0 Å². The van der Waals surface area contributed by atoms with Crippen LogP contribution in [0.4, 0.5) is 0 Å². The maximum atomic E-state index is 12.3. The Morgan fingerprint density at radius 3 is 2.14 bits per heavy atom. The Balaban J connectivity index is 1.76. The number of hydrogen-bond acceptors (Lipinski definition) is 8. The van der Waals surface area contributed by atoms with Gasteiger partial charge in [0.15, 0.2) is 5.92 Å². The lowest BCUT2D eigenvalue weighted by Crippen LogP contribution is -2.30. The van der Waals surface area contributed by atoms with Crippen LogP contribution in [-0.4, -0.2) is 43.4 Å². The maximum absolute atomic E-state index is 12.3. The summed E-state index contributed by atoms with van der Waals surface area (Å²) in [5.41, 5.74) is 2.40. The molecule has 0 aliphatic carbocycles. The fraction of sp³-hybridized carbons (Fsp3) is 0.393. The molecule has 0 N–H and O–H groups in total. The third-order valence-electron chi connectivity index (χ3n) is 5.35. The van der Waals surface area contributed by atoms with Gasteiger partial charge in [-0.25, -0.2) is 0 Å². The molecule has 36 heavy (non-hydrogen) atoms. The number of esters is 2. The molecule has 0 bridgehead atoms. The number of benzene rings is 2. The van der Waals surface area contributed by atoms with Crippen LogP contribution in [0.1, 0.15) is 38.8 Å². The number of ether oxygens (including phenoxy) is 5. The van der Waals surface area contributed by atoms with Gasteiger partial charge in [0.05, 0.1) is 37.5 Å². The number of rotatable bonds is 12. The molecule has 8 heteroatoms. The lowest BCUT2D eigenvalue weighted by molar-refractivity contribution is -0.161. The van der Waals surface area contributed by atoms with Crippen molar-refractivity contribution in [3.05, 3.63) is 59.8 Å². The van der Waals surface area contributed by atoms with Crippen LogP contribution in [0.3, 0.4) is 0 Å². The van der Waals surface area contributed by atoms with Gasteiger partial charge in [-0.05, 0) is 70.0 Å². The van der Waals surface area contributed by atoms with Crippen LogP contribution in [0.25, 0.3) is 10.9 Å². The van der Waals surface area contributed by atoms with Crippen LogP contribution in [0.5, 0.6) is 17.2 Å². The average Bonchev–Trinajstić information content (AvgIpc) is 2.87. The highest BCUT2D eigenvalue weighted by atomic mass is 16.6. The largest absolute Gasteiger partial charge is 0.497 e. The number of carbonyl (C=O) groups is 2. The van der Waals surface area contributed by atoms with E-state index in [2.05, 4.69) is 4.98 Å². The summed E-state index contributed by atoms with van der Waals surface area (Å²) in [4.78, 5) is 29.1. The lowest BCUT2D eigenvalue weighted by atomic mass is 9.99. The average molecular weight is 496 g/mol. The molecule has 1 aromatic heterocycles. The monoisotopic (exact) mass is 495 g/mol. The highest BCUT2D eigenvalue weighted by Gasteiger charge is 2.29. The minimum absolute atomic E-state index is 0.0356. The van der Waals surface area contributed by atoms with E-state index in [1.54, 1.807) is 39.3 Å². The molecule has 8 nitrogen and oxygen atoms in total. The van der Waals surface area contributed by atoms with Gasteiger partial charge in [0.2, 0.25) is 0 Å². The second-order valence-corrected chi connectivity index (χ2v) is 8.36. The first-order chi connectivity index (χ1) is 17.4. The Morgan fingerprint density at radius 2 is 1.56 bits per heavy atom. The van der Waals surface area contributed by atoms with Crippen LogP contribution in [-0.2, 0) is 32.1 Å². The van der Waals surface area contributed by atoms with Gasteiger partial charge in [-0.2, -0.15) is 0 Å². The number of fused-ring (bicyclic) bond motifs is 1. The van der Waals surface area contributed by atoms with Crippen molar-refractivity contribution in [3.8, 4) is 17.2 Å². The molecule has 0 saturated heterocycles. The zero-order chi connectivity index (χ0) is 26.1. The zero-order valence-corrected chi connectivity index (χ0v) is 21.4. The molecular weight excluding hydrogens is 462 g/mol. The first-order valence-electron chi connectivity index (χ1n) is 12.0. The van der Waals surface area contributed by atoms with Crippen LogP contribution >= 0.6 is 0 Å². The van der Waals surface area contributed by atoms with Gasteiger partial charge in [0.1, 0.15) is 23.9 Å². The van der Waals surface area contributed by atoms with Crippen molar-refractivity contribution < 1.29 is 33.3 Å². The van der Waals surface area contributed by atoms with E-state index in [9.17, 15) is 9.59 Å². The number of methoxy groups -OCH3 is 1. The van der Waals surface area contributed by atoms with E-state index < -0.39 is 17.9 Å². The standard InChI is InChI=1S/C28H33NO7/c1-6-33-27(30)24(28(31)34-7-2)14-19-8-10-21(11-9-19)35-17-20-16-29-25-13-12-22(32-5)15-23(25)26(20)36-18(3)4/h8-13,15-16,18,24H,6-7,14,17H2,1-5H3. The topological polar surface area (TPSA) is 93.2 Å². The molecule has 0 saturated carbocycles. The molecule has 0 aliphatic rings. The molecule has 1 heterocycles. The molecule has 0 radical (unpaired) electrons. The number of pyridine rings is 1. The summed E-state index contributed by atoms with van der Waals surface area (Å²) >= 11 is 0. The SMILES string of the molecule is CCOC(=O)C(Cc1ccc(OCc2cnc3ccc(OC)cc3c2OC(C)C)cc1)C(=O)OCC. The van der Waals surface area contributed by atoms with Gasteiger partial charge in [-0.3, -0.25) is 14.6 Å². The second kappa shape index (κ2) is 12.8. The van der Waals surface area contributed by atoms with E-state index in [0.717, 1.165) is 27.8 Å². The van der Waals surface area contributed by atoms with Crippen molar-refractivity contribution in [2.45, 2.75) is 46.8 Å². The summed E-state index contributed by atoms with van der Waals surface area (Å²) in [5, 5.41) is 0.850. The molecule has 0 unspecified atom stereocenters. The molecule has 192 valence electrons. The number of carbonyl (C=O) groups excluding carboxylic acids is 2. The molecule has 2 aromatic carbocycles. The normalized spacial score (nSPS) is 11.0. The highest BCUT2D eigenvalue weighted by Crippen LogP contribution is 2.33. The minimum atomic E-state index is -1.01. The lowest BCUT2D eigenvalue weighted by Gasteiger charge is -2.17. The maximum Gasteiger partial charge on any atom is 0.320 e. The predicted molar refractivity (Wildman–Crippen MR) is 135 cm³/mol. The van der Waals surface area contributed by atoms with Crippen molar-refractivity contribution in [2.24, 2.45) is 5.92 Å². The molecule has 0 aliphatic heterocycles. The molecule has 3 aromatic rings. The molecule has 0 spiro atoms.